The van der Waals surface area contributed by atoms with Crippen LogP contribution in [-0.4, -0.2) is 19.9 Å². The van der Waals surface area contributed by atoms with Crippen LogP contribution in [0.1, 0.15) is 5.56 Å². The van der Waals surface area contributed by atoms with Crippen molar-refractivity contribution >= 4 is 5.97 Å². The minimum Gasteiger partial charge on any atom is -0.464 e. The minimum atomic E-state index is -0.340. The first-order valence-electron chi connectivity index (χ1n) is 6.98. The van der Waals surface area contributed by atoms with Crippen molar-refractivity contribution in [3.05, 3.63) is 60.4 Å². The maximum absolute atomic E-state index is 11.8. The third kappa shape index (κ3) is 2.87. The van der Waals surface area contributed by atoms with Crippen LogP contribution >= 0.6 is 0 Å². The summed E-state index contributed by atoms with van der Waals surface area (Å²) in [4.78, 5) is 11.8. The molecule has 1 aromatic rings. The molecular formula is C18H16O4. The predicted molar refractivity (Wildman–Crippen MR) is 82.4 cm³/mol. The molecule has 0 unspecified atom stereocenters. The number of rotatable bonds is 5. The zero-order valence-corrected chi connectivity index (χ0v) is 12.2. The van der Waals surface area contributed by atoms with E-state index >= 15 is 0 Å². The van der Waals surface area contributed by atoms with Crippen LogP contribution in [0.15, 0.2) is 59.2 Å². The fraction of sp³-hybridized carbons (Fsp3) is 0.167. The predicted octanol–water partition coefficient (Wildman–Crippen LogP) is 3.74. The second-order valence-corrected chi connectivity index (χ2v) is 4.90. The van der Waals surface area contributed by atoms with Crippen molar-refractivity contribution < 1.29 is 18.7 Å². The van der Waals surface area contributed by atoms with Crippen LogP contribution in [0.4, 0.5) is 0 Å². The SMILES string of the molecule is COCOC(=O)Cc1cc(-c2ccccc2)c2cccoc1-2. The number of methoxy groups -OCH3 is 1. The van der Waals surface area contributed by atoms with E-state index in [2.05, 4.69) is 0 Å². The lowest BCUT2D eigenvalue weighted by Crippen LogP contribution is -2.09. The Labute approximate surface area is 128 Å². The van der Waals surface area contributed by atoms with Gasteiger partial charge in [0.05, 0.1) is 12.7 Å². The quantitative estimate of drug-likeness (QED) is 0.531. The van der Waals surface area contributed by atoms with Gasteiger partial charge in [0, 0.05) is 18.2 Å². The van der Waals surface area contributed by atoms with Gasteiger partial charge in [-0.05, 0) is 29.3 Å². The first-order valence-corrected chi connectivity index (χ1v) is 6.98. The fourth-order valence-electron chi connectivity index (χ4n) is 2.48. The fourth-order valence-corrected chi connectivity index (χ4v) is 2.48. The molecule has 1 aliphatic carbocycles. The second kappa shape index (κ2) is 6.45. The van der Waals surface area contributed by atoms with Gasteiger partial charge in [0.2, 0.25) is 0 Å². The van der Waals surface area contributed by atoms with E-state index in [1.54, 1.807) is 6.26 Å². The van der Waals surface area contributed by atoms with Gasteiger partial charge < -0.3 is 13.9 Å². The van der Waals surface area contributed by atoms with E-state index in [1.165, 1.54) is 7.11 Å². The number of hydrogen-bond donors (Lipinski definition) is 0. The summed E-state index contributed by atoms with van der Waals surface area (Å²) >= 11 is 0. The lowest BCUT2D eigenvalue weighted by Gasteiger charge is -2.04. The molecule has 0 amide bonds. The van der Waals surface area contributed by atoms with Gasteiger partial charge in [-0.15, -0.1) is 0 Å². The zero-order valence-electron chi connectivity index (χ0n) is 12.2. The summed E-state index contributed by atoms with van der Waals surface area (Å²) in [5.41, 5.74) is 3.94. The first kappa shape index (κ1) is 14.4. The monoisotopic (exact) mass is 296 g/mol. The van der Waals surface area contributed by atoms with Crippen molar-refractivity contribution in [1.29, 1.82) is 0 Å². The van der Waals surface area contributed by atoms with Crippen molar-refractivity contribution in [3.8, 4) is 22.5 Å². The molecule has 2 aliphatic rings. The summed E-state index contributed by atoms with van der Waals surface area (Å²) in [6, 6.07) is 15.8. The van der Waals surface area contributed by atoms with E-state index in [-0.39, 0.29) is 19.2 Å². The summed E-state index contributed by atoms with van der Waals surface area (Å²) in [6.45, 7) is -0.0415. The summed E-state index contributed by atoms with van der Waals surface area (Å²) in [6.07, 6.45) is 1.77. The third-order valence-corrected chi connectivity index (χ3v) is 3.43. The van der Waals surface area contributed by atoms with Crippen LogP contribution in [0.5, 0.6) is 0 Å². The normalized spacial score (nSPS) is 10.8. The zero-order chi connectivity index (χ0) is 15.4. The molecule has 0 saturated heterocycles. The first-order chi connectivity index (χ1) is 10.8. The Balaban J connectivity index is 1.96. The summed E-state index contributed by atoms with van der Waals surface area (Å²) < 4.78 is 15.3. The Morgan fingerprint density at radius 3 is 2.68 bits per heavy atom. The number of hydrogen-bond acceptors (Lipinski definition) is 4. The van der Waals surface area contributed by atoms with Crippen molar-refractivity contribution in [2.24, 2.45) is 0 Å². The number of carbonyl (C=O) groups excluding carboxylic acids is 1. The Hall–Kier alpha value is -2.59. The van der Waals surface area contributed by atoms with Crippen LogP contribution in [0.2, 0.25) is 0 Å². The van der Waals surface area contributed by atoms with Gasteiger partial charge in [-0.2, -0.15) is 0 Å². The smallest absolute Gasteiger partial charge is 0.312 e. The topological polar surface area (TPSA) is 48.7 Å². The average Bonchev–Trinajstić information content (AvgIpc) is 2.93. The van der Waals surface area contributed by atoms with Crippen molar-refractivity contribution in [2.75, 3.05) is 13.9 Å². The van der Waals surface area contributed by atoms with E-state index < -0.39 is 0 Å². The van der Waals surface area contributed by atoms with E-state index in [9.17, 15) is 4.79 Å². The average molecular weight is 296 g/mol. The summed E-state index contributed by atoms with van der Waals surface area (Å²) in [5, 5.41) is 0. The maximum atomic E-state index is 11.8. The lowest BCUT2D eigenvalue weighted by atomic mass is 10.0. The molecule has 0 saturated carbocycles. The molecule has 4 heteroatoms. The Kier molecular flexibility index (Phi) is 4.21. The lowest BCUT2D eigenvalue weighted by molar-refractivity contribution is -0.153. The molecule has 0 radical (unpaired) electrons. The molecule has 112 valence electrons. The molecule has 0 atom stereocenters. The van der Waals surface area contributed by atoms with Gasteiger partial charge in [-0.25, -0.2) is 0 Å². The van der Waals surface area contributed by atoms with Crippen LogP contribution in [0.3, 0.4) is 0 Å². The molecular weight excluding hydrogens is 280 g/mol. The van der Waals surface area contributed by atoms with E-state index in [1.807, 2.05) is 48.5 Å². The van der Waals surface area contributed by atoms with Gasteiger partial charge in [0.25, 0.3) is 0 Å². The highest BCUT2D eigenvalue weighted by Gasteiger charge is 2.21. The number of benzene rings is 1. The summed E-state index contributed by atoms with van der Waals surface area (Å²) in [5.74, 6) is 0.378. The number of esters is 1. The van der Waals surface area contributed by atoms with Gasteiger partial charge in [-0.1, -0.05) is 30.3 Å². The highest BCUT2D eigenvalue weighted by Crippen LogP contribution is 2.39. The molecule has 0 aromatic heterocycles. The molecule has 22 heavy (non-hydrogen) atoms. The van der Waals surface area contributed by atoms with Crippen LogP contribution < -0.4 is 0 Å². The number of carbonyl (C=O) groups is 1. The highest BCUT2D eigenvalue weighted by atomic mass is 16.7. The Morgan fingerprint density at radius 1 is 1.09 bits per heavy atom. The molecule has 3 rings (SSSR count). The van der Waals surface area contributed by atoms with Crippen LogP contribution in [0.25, 0.3) is 22.5 Å². The maximum Gasteiger partial charge on any atom is 0.312 e. The Morgan fingerprint density at radius 2 is 1.91 bits per heavy atom. The molecule has 1 aliphatic heterocycles. The Bertz CT molecular complexity index is 730. The largest absolute Gasteiger partial charge is 0.464 e. The second-order valence-electron chi connectivity index (χ2n) is 4.90. The third-order valence-electron chi connectivity index (χ3n) is 3.43. The van der Waals surface area contributed by atoms with Crippen molar-refractivity contribution in [3.63, 3.8) is 0 Å². The van der Waals surface area contributed by atoms with Crippen molar-refractivity contribution in [2.45, 2.75) is 6.42 Å². The molecule has 0 N–H and O–H groups in total. The van der Waals surface area contributed by atoms with Gasteiger partial charge in [-0.3, -0.25) is 4.79 Å². The van der Waals surface area contributed by atoms with E-state index in [4.69, 9.17) is 13.9 Å². The van der Waals surface area contributed by atoms with Crippen LogP contribution in [0, 0.1) is 0 Å². The van der Waals surface area contributed by atoms with Crippen molar-refractivity contribution in [1.82, 2.24) is 0 Å². The molecule has 1 aromatic carbocycles. The molecule has 4 nitrogen and oxygen atoms in total. The van der Waals surface area contributed by atoms with Crippen LogP contribution in [-0.2, 0) is 20.7 Å². The summed E-state index contributed by atoms with van der Waals surface area (Å²) in [7, 11) is 1.48. The molecule has 1 heterocycles. The molecule has 0 fully saturated rings. The van der Waals surface area contributed by atoms with Gasteiger partial charge >= 0.3 is 5.97 Å². The highest BCUT2D eigenvalue weighted by molar-refractivity contribution is 5.88. The molecule has 0 spiro atoms. The van der Waals surface area contributed by atoms with E-state index in [0.717, 1.165) is 28.0 Å². The van der Waals surface area contributed by atoms with Gasteiger partial charge in [0.15, 0.2) is 6.79 Å². The van der Waals surface area contributed by atoms with Gasteiger partial charge in [0.1, 0.15) is 5.76 Å². The number of fused-ring (bicyclic) bond motifs is 1. The molecule has 0 bridgehead atoms. The minimum absolute atomic E-state index is 0.0415. The number of ether oxygens (including phenoxy) is 2. The van der Waals surface area contributed by atoms with E-state index in [0.29, 0.717) is 0 Å². The standard InChI is InChI=1S/C18H16O4/c1-20-12-22-17(19)11-14-10-16(13-6-3-2-4-7-13)15-8-5-9-21-18(14)15/h2-10H,11-12H2,1H3.